The van der Waals surface area contributed by atoms with Crippen LogP contribution in [0.3, 0.4) is 0 Å². The summed E-state index contributed by atoms with van der Waals surface area (Å²) >= 11 is 0. The molecule has 0 heterocycles. The van der Waals surface area contributed by atoms with Gasteiger partial charge < -0.3 is 5.11 Å². The molecule has 1 rings (SSSR count). The van der Waals surface area contributed by atoms with Crippen molar-refractivity contribution in [2.24, 2.45) is 0 Å². The molecule has 1 aromatic carbocycles. The normalized spacial score (nSPS) is 12.4. The van der Waals surface area contributed by atoms with Gasteiger partial charge >= 0.3 is 5.97 Å². The lowest BCUT2D eigenvalue weighted by Gasteiger charge is -2.24. The van der Waals surface area contributed by atoms with Gasteiger partial charge in [-0.05, 0) is 38.5 Å². The van der Waals surface area contributed by atoms with Gasteiger partial charge in [0.1, 0.15) is 10.7 Å². The molecule has 0 saturated heterocycles. The van der Waals surface area contributed by atoms with E-state index in [9.17, 15) is 17.6 Å². The summed E-state index contributed by atoms with van der Waals surface area (Å²) in [6, 6.07) is 2.70. The van der Waals surface area contributed by atoms with Crippen LogP contribution < -0.4 is 4.72 Å². The smallest absolute Gasteiger partial charge is 0.335 e. The van der Waals surface area contributed by atoms with Crippen molar-refractivity contribution in [3.8, 4) is 0 Å². The highest BCUT2D eigenvalue weighted by atomic mass is 32.2. The lowest BCUT2D eigenvalue weighted by molar-refractivity contribution is 0.0696. The largest absolute Gasteiger partial charge is 0.478 e. The number of hydrogen-bond donors (Lipinski definition) is 2. The maximum atomic E-state index is 13.7. The molecule has 19 heavy (non-hydrogen) atoms. The van der Waals surface area contributed by atoms with Crippen LogP contribution in [-0.2, 0) is 10.0 Å². The second-order valence-electron chi connectivity index (χ2n) is 4.79. The van der Waals surface area contributed by atoms with E-state index in [1.807, 2.05) is 0 Å². The first-order valence-corrected chi connectivity index (χ1v) is 7.14. The second-order valence-corrected chi connectivity index (χ2v) is 6.44. The maximum absolute atomic E-state index is 13.7. The zero-order valence-corrected chi connectivity index (χ0v) is 11.7. The molecule has 0 aliphatic carbocycles. The summed E-state index contributed by atoms with van der Waals surface area (Å²) < 4.78 is 40.1. The molecule has 2 N–H and O–H groups in total. The molecule has 0 aromatic heterocycles. The first-order valence-electron chi connectivity index (χ1n) is 5.66. The Morgan fingerprint density at radius 2 is 2.00 bits per heavy atom. The zero-order chi connectivity index (χ0) is 14.8. The van der Waals surface area contributed by atoms with Gasteiger partial charge in [0.05, 0.1) is 5.56 Å². The Hall–Kier alpha value is -1.47. The van der Waals surface area contributed by atoms with Gasteiger partial charge in [-0.3, -0.25) is 0 Å². The van der Waals surface area contributed by atoms with Crippen LogP contribution in [0.15, 0.2) is 23.1 Å². The zero-order valence-electron chi connectivity index (χ0n) is 10.9. The van der Waals surface area contributed by atoms with Crippen LogP contribution in [0.2, 0.25) is 0 Å². The van der Waals surface area contributed by atoms with E-state index in [4.69, 9.17) is 5.11 Å². The predicted molar refractivity (Wildman–Crippen MR) is 68.1 cm³/mol. The molecule has 0 amide bonds. The van der Waals surface area contributed by atoms with Crippen molar-refractivity contribution in [1.82, 2.24) is 4.72 Å². The minimum absolute atomic E-state index is 0.300. The summed E-state index contributed by atoms with van der Waals surface area (Å²) in [7, 11) is -4.02. The molecule has 0 aliphatic heterocycles. The molecule has 5 nitrogen and oxygen atoms in total. The van der Waals surface area contributed by atoms with Crippen LogP contribution in [0, 0.1) is 5.82 Å². The van der Waals surface area contributed by atoms with Crippen LogP contribution in [0.5, 0.6) is 0 Å². The first-order chi connectivity index (χ1) is 8.59. The van der Waals surface area contributed by atoms with Crippen molar-refractivity contribution in [1.29, 1.82) is 0 Å². The van der Waals surface area contributed by atoms with Gasteiger partial charge in [0, 0.05) is 5.54 Å². The molecule has 7 heteroatoms. The van der Waals surface area contributed by atoms with E-state index in [1.54, 1.807) is 20.8 Å². The van der Waals surface area contributed by atoms with Gasteiger partial charge in [-0.1, -0.05) is 6.92 Å². The van der Waals surface area contributed by atoms with Gasteiger partial charge in [-0.25, -0.2) is 22.3 Å². The third-order valence-corrected chi connectivity index (χ3v) is 4.49. The molecular formula is C12H16FNO4S. The van der Waals surface area contributed by atoms with E-state index in [-0.39, 0.29) is 5.56 Å². The fourth-order valence-electron chi connectivity index (χ4n) is 1.34. The quantitative estimate of drug-likeness (QED) is 0.868. The van der Waals surface area contributed by atoms with E-state index in [1.165, 1.54) is 0 Å². The summed E-state index contributed by atoms with van der Waals surface area (Å²) in [6.45, 7) is 5.15. The Morgan fingerprint density at radius 1 is 1.42 bits per heavy atom. The van der Waals surface area contributed by atoms with Crippen LogP contribution in [0.4, 0.5) is 4.39 Å². The van der Waals surface area contributed by atoms with Gasteiger partial charge in [-0.15, -0.1) is 0 Å². The molecule has 0 fully saturated rings. The van der Waals surface area contributed by atoms with Gasteiger partial charge in [-0.2, -0.15) is 0 Å². The minimum Gasteiger partial charge on any atom is -0.478 e. The first kappa shape index (κ1) is 15.6. The second kappa shape index (κ2) is 5.26. The highest BCUT2D eigenvalue weighted by molar-refractivity contribution is 7.89. The van der Waals surface area contributed by atoms with Crippen molar-refractivity contribution in [2.45, 2.75) is 37.6 Å². The highest BCUT2D eigenvalue weighted by Crippen LogP contribution is 2.19. The molecule has 0 saturated carbocycles. The van der Waals surface area contributed by atoms with Gasteiger partial charge in [0.2, 0.25) is 10.0 Å². The number of halogens is 1. The van der Waals surface area contributed by atoms with E-state index in [2.05, 4.69) is 4.72 Å². The molecule has 106 valence electrons. The summed E-state index contributed by atoms with van der Waals surface area (Å²) in [5.41, 5.74) is -1.01. The average Bonchev–Trinajstić information content (AvgIpc) is 2.27. The summed E-state index contributed by atoms with van der Waals surface area (Å²) in [4.78, 5) is 10.1. The number of aromatic carboxylic acids is 1. The number of sulfonamides is 1. The third kappa shape index (κ3) is 3.74. The fraction of sp³-hybridized carbons (Fsp3) is 0.417. The van der Waals surface area contributed by atoms with Crippen LogP contribution >= 0.6 is 0 Å². The number of benzene rings is 1. The highest BCUT2D eigenvalue weighted by Gasteiger charge is 2.27. The number of rotatable bonds is 5. The van der Waals surface area contributed by atoms with Gasteiger partial charge in [0.25, 0.3) is 0 Å². The lowest BCUT2D eigenvalue weighted by Crippen LogP contribution is -2.42. The summed E-state index contributed by atoms with van der Waals surface area (Å²) in [6.07, 6.45) is 0.529. The van der Waals surface area contributed by atoms with E-state index >= 15 is 0 Å². The SMILES string of the molecule is CCC(C)(C)NS(=O)(=O)c1ccc(C(=O)O)cc1F. The van der Waals surface area contributed by atoms with E-state index in [0.717, 1.165) is 12.1 Å². The Bertz CT molecular complexity index is 596. The lowest BCUT2D eigenvalue weighted by atomic mass is 10.0. The number of nitrogens with one attached hydrogen (secondary N) is 1. The maximum Gasteiger partial charge on any atom is 0.335 e. The van der Waals surface area contributed by atoms with Crippen LogP contribution in [0.25, 0.3) is 0 Å². The molecule has 0 atom stereocenters. The average molecular weight is 289 g/mol. The van der Waals surface area contributed by atoms with Crippen molar-refractivity contribution in [3.05, 3.63) is 29.6 Å². The molecular weight excluding hydrogens is 273 g/mol. The fourth-order valence-corrected chi connectivity index (χ4v) is 2.89. The number of hydrogen-bond acceptors (Lipinski definition) is 3. The standard InChI is InChI=1S/C12H16FNO4S/c1-4-12(2,3)14-19(17,18)10-6-5-8(11(15)16)7-9(10)13/h5-7,14H,4H2,1-3H3,(H,15,16). The number of carboxylic acid groups (broad SMARTS) is 1. The number of carbonyl (C=O) groups is 1. The van der Waals surface area contributed by atoms with Crippen molar-refractivity contribution < 1.29 is 22.7 Å². The Balaban J connectivity index is 3.20. The molecule has 0 aliphatic rings. The van der Waals surface area contributed by atoms with Crippen LogP contribution in [0.1, 0.15) is 37.6 Å². The predicted octanol–water partition coefficient (Wildman–Crippen LogP) is 1.99. The monoisotopic (exact) mass is 289 g/mol. The minimum atomic E-state index is -4.02. The topological polar surface area (TPSA) is 83.5 Å². The third-order valence-electron chi connectivity index (χ3n) is 2.76. The Morgan fingerprint density at radius 3 is 2.42 bits per heavy atom. The molecule has 1 aromatic rings. The number of carboxylic acids is 1. The van der Waals surface area contributed by atoms with Crippen LogP contribution in [-0.4, -0.2) is 25.0 Å². The summed E-state index contributed by atoms with van der Waals surface area (Å²) in [5, 5.41) is 8.70. The van der Waals surface area contributed by atoms with Crippen molar-refractivity contribution in [2.75, 3.05) is 0 Å². The van der Waals surface area contributed by atoms with Crippen molar-refractivity contribution in [3.63, 3.8) is 0 Å². The molecule has 0 spiro atoms. The van der Waals surface area contributed by atoms with Crippen molar-refractivity contribution >= 4 is 16.0 Å². The molecule has 0 radical (unpaired) electrons. The van der Waals surface area contributed by atoms with E-state index in [0.29, 0.717) is 12.5 Å². The van der Waals surface area contributed by atoms with Gasteiger partial charge in [0.15, 0.2) is 0 Å². The molecule has 0 bridgehead atoms. The molecule has 0 unspecified atom stereocenters. The Labute approximate surface area is 111 Å². The Kier molecular flexibility index (Phi) is 4.32. The van der Waals surface area contributed by atoms with E-state index < -0.39 is 32.2 Å². The summed E-state index contributed by atoms with van der Waals surface area (Å²) in [5.74, 6) is -2.40.